The zero-order chi connectivity index (χ0) is 16.7. The number of carbonyl (C=O) groups is 2. The maximum Gasteiger partial charge on any atom is 0.306 e. The number of hydrogen-bond donors (Lipinski definition) is 1. The van der Waals surface area contributed by atoms with Crippen LogP contribution in [0.1, 0.15) is 18.9 Å². The van der Waals surface area contributed by atoms with E-state index < -0.39 is 12.1 Å². The lowest BCUT2D eigenvalue weighted by Crippen LogP contribution is -2.45. The third-order valence-electron chi connectivity index (χ3n) is 3.48. The minimum Gasteiger partial charge on any atom is -0.493 e. The Morgan fingerprint density at radius 1 is 1.43 bits per heavy atom. The van der Waals surface area contributed by atoms with Crippen LogP contribution in [0.5, 0.6) is 5.75 Å². The standard InChI is InChI=1S/C17H21NO5/c1-2-22-15-6-4-3-5-13(15)7-8-16(19)18-9-10-23-14(12-18)11-17(20)21/h3-8,14H,2,9-12H2,1H3,(H,20,21). The van der Waals surface area contributed by atoms with Crippen LogP contribution >= 0.6 is 0 Å². The molecule has 6 heteroatoms. The molecule has 1 aromatic rings. The summed E-state index contributed by atoms with van der Waals surface area (Å²) in [6.45, 7) is 3.57. The number of hydrogen-bond acceptors (Lipinski definition) is 4. The Morgan fingerprint density at radius 2 is 2.22 bits per heavy atom. The number of carbonyl (C=O) groups excluding carboxylic acids is 1. The van der Waals surface area contributed by atoms with Crippen LogP contribution in [0.15, 0.2) is 30.3 Å². The average molecular weight is 319 g/mol. The van der Waals surface area contributed by atoms with Gasteiger partial charge in [0.05, 0.1) is 25.7 Å². The Morgan fingerprint density at radius 3 is 2.96 bits per heavy atom. The SMILES string of the molecule is CCOc1ccccc1C=CC(=O)N1CCOC(CC(=O)O)C1. The van der Waals surface area contributed by atoms with Gasteiger partial charge in [-0.15, -0.1) is 0 Å². The van der Waals surface area contributed by atoms with Gasteiger partial charge in [0.2, 0.25) is 5.91 Å². The van der Waals surface area contributed by atoms with Crippen LogP contribution in [0.2, 0.25) is 0 Å². The molecule has 0 bridgehead atoms. The topological polar surface area (TPSA) is 76.1 Å². The third kappa shape index (κ3) is 5.10. The first-order chi connectivity index (χ1) is 11.1. The van der Waals surface area contributed by atoms with Crippen LogP contribution in [0, 0.1) is 0 Å². The molecule has 0 aliphatic carbocycles. The van der Waals surface area contributed by atoms with Crippen molar-refractivity contribution in [1.82, 2.24) is 4.90 Å². The van der Waals surface area contributed by atoms with E-state index in [0.717, 1.165) is 11.3 Å². The number of rotatable bonds is 6. The van der Waals surface area contributed by atoms with Crippen LogP contribution in [0.25, 0.3) is 6.08 Å². The fourth-order valence-electron chi connectivity index (χ4n) is 2.41. The van der Waals surface area contributed by atoms with Gasteiger partial charge in [-0.3, -0.25) is 9.59 Å². The Kier molecular flexibility index (Phi) is 6.17. The van der Waals surface area contributed by atoms with Gasteiger partial charge in [0, 0.05) is 24.7 Å². The van der Waals surface area contributed by atoms with Crippen molar-refractivity contribution in [3.63, 3.8) is 0 Å². The fraction of sp³-hybridized carbons (Fsp3) is 0.412. The molecule has 124 valence electrons. The van der Waals surface area contributed by atoms with E-state index in [2.05, 4.69) is 0 Å². The van der Waals surface area contributed by atoms with E-state index in [1.165, 1.54) is 6.08 Å². The van der Waals surface area contributed by atoms with Gasteiger partial charge in [-0.2, -0.15) is 0 Å². The van der Waals surface area contributed by atoms with Gasteiger partial charge in [0.25, 0.3) is 0 Å². The summed E-state index contributed by atoms with van der Waals surface area (Å²) in [6.07, 6.45) is 2.66. The molecule has 0 radical (unpaired) electrons. The largest absolute Gasteiger partial charge is 0.493 e. The highest BCUT2D eigenvalue weighted by molar-refractivity contribution is 5.92. The first kappa shape index (κ1) is 17.0. The van der Waals surface area contributed by atoms with E-state index in [0.29, 0.717) is 26.3 Å². The zero-order valence-electron chi connectivity index (χ0n) is 13.1. The molecular formula is C17H21NO5. The van der Waals surface area contributed by atoms with Gasteiger partial charge >= 0.3 is 5.97 Å². The normalized spacial score (nSPS) is 18.1. The Labute approximate surface area is 135 Å². The van der Waals surface area contributed by atoms with Gasteiger partial charge in [-0.05, 0) is 19.1 Å². The minimum atomic E-state index is -0.925. The summed E-state index contributed by atoms with van der Waals surface area (Å²) in [7, 11) is 0. The average Bonchev–Trinajstić information content (AvgIpc) is 2.53. The van der Waals surface area contributed by atoms with Crippen molar-refractivity contribution in [1.29, 1.82) is 0 Å². The van der Waals surface area contributed by atoms with Crippen molar-refractivity contribution >= 4 is 18.0 Å². The number of ether oxygens (including phenoxy) is 2. The second kappa shape index (κ2) is 8.33. The number of carboxylic acid groups (broad SMARTS) is 1. The summed E-state index contributed by atoms with van der Waals surface area (Å²) in [5.74, 6) is -0.356. The first-order valence-corrected chi connectivity index (χ1v) is 7.62. The number of para-hydroxylation sites is 1. The molecule has 1 heterocycles. The molecule has 2 rings (SSSR count). The van der Waals surface area contributed by atoms with Gasteiger partial charge in [-0.25, -0.2) is 0 Å². The first-order valence-electron chi connectivity index (χ1n) is 7.62. The van der Waals surface area contributed by atoms with Crippen LogP contribution in [0.4, 0.5) is 0 Å². The maximum atomic E-state index is 12.3. The molecule has 1 N–H and O–H groups in total. The molecule has 1 amide bonds. The molecular weight excluding hydrogens is 298 g/mol. The lowest BCUT2D eigenvalue weighted by atomic mass is 10.1. The quantitative estimate of drug-likeness (QED) is 0.809. The molecule has 1 saturated heterocycles. The Balaban J connectivity index is 1.99. The number of aliphatic carboxylic acids is 1. The summed E-state index contributed by atoms with van der Waals surface area (Å²) < 4.78 is 10.9. The molecule has 0 spiro atoms. The number of amides is 1. The van der Waals surface area contributed by atoms with Gasteiger partial charge < -0.3 is 19.5 Å². The van der Waals surface area contributed by atoms with E-state index in [9.17, 15) is 9.59 Å². The second-order valence-corrected chi connectivity index (χ2v) is 5.18. The molecule has 0 saturated carbocycles. The Bertz CT molecular complexity index is 584. The lowest BCUT2D eigenvalue weighted by Gasteiger charge is -2.31. The molecule has 1 aromatic carbocycles. The number of morpholine rings is 1. The fourth-order valence-corrected chi connectivity index (χ4v) is 2.41. The maximum absolute atomic E-state index is 12.3. The number of carboxylic acids is 1. The predicted octanol–water partition coefficient (Wildman–Crippen LogP) is 1.80. The van der Waals surface area contributed by atoms with E-state index >= 15 is 0 Å². The van der Waals surface area contributed by atoms with Crippen molar-refractivity contribution < 1.29 is 24.2 Å². The summed E-state index contributed by atoms with van der Waals surface area (Å²) in [6, 6.07) is 7.49. The van der Waals surface area contributed by atoms with Crippen molar-refractivity contribution in [3.8, 4) is 5.75 Å². The summed E-state index contributed by atoms with van der Waals surface area (Å²) >= 11 is 0. The summed E-state index contributed by atoms with van der Waals surface area (Å²) in [5.41, 5.74) is 0.832. The highest BCUT2D eigenvalue weighted by Gasteiger charge is 2.24. The molecule has 1 fully saturated rings. The third-order valence-corrected chi connectivity index (χ3v) is 3.48. The summed E-state index contributed by atoms with van der Waals surface area (Å²) in [4.78, 5) is 24.6. The molecule has 6 nitrogen and oxygen atoms in total. The molecule has 23 heavy (non-hydrogen) atoms. The van der Waals surface area contributed by atoms with E-state index in [1.54, 1.807) is 11.0 Å². The number of benzene rings is 1. The van der Waals surface area contributed by atoms with Crippen molar-refractivity contribution in [2.45, 2.75) is 19.4 Å². The van der Waals surface area contributed by atoms with Crippen molar-refractivity contribution in [2.24, 2.45) is 0 Å². The van der Waals surface area contributed by atoms with Gasteiger partial charge in [0.1, 0.15) is 5.75 Å². The van der Waals surface area contributed by atoms with Crippen LogP contribution in [0.3, 0.4) is 0 Å². The molecule has 1 atom stereocenters. The van der Waals surface area contributed by atoms with Gasteiger partial charge in [-0.1, -0.05) is 18.2 Å². The van der Waals surface area contributed by atoms with E-state index in [1.807, 2.05) is 31.2 Å². The van der Waals surface area contributed by atoms with Crippen molar-refractivity contribution in [2.75, 3.05) is 26.3 Å². The van der Waals surface area contributed by atoms with Gasteiger partial charge in [0.15, 0.2) is 0 Å². The summed E-state index contributed by atoms with van der Waals surface area (Å²) in [5, 5.41) is 8.81. The minimum absolute atomic E-state index is 0.0966. The van der Waals surface area contributed by atoms with Crippen LogP contribution < -0.4 is 4.74 Å². The zero-order valence-corrected chi connectivity index (χ0v) is 13.1. The molecule has 1 aliphatic rings. The van der Waals surface area contributed by atoms with Crippen LogP contribution in [-0.4, -0.2) is 54.3 Å². The smallest absolute Gasteiger partial charge is 0.306 e. The van der Waals surface area contributed by atoms with E-state index in [4.69, 9.17) is 14.6 Å². The predicted molar refractivity (Wildman–Crippen MR) is 85.2 cm³/mol. The monoisotopic (exact) mass is 319 g/mol. The molecule has 0 aromatic heterocycles. The lowest BCUT2D eigenvalue weighted by molar-refractivity contribution is -0.145. The second-order valence-electron chi connectivity index (χ2n) is 5.18. The van der Waals surface area contributed by atoms with E-state index in [-0.39, 0.29) is 12.3 Å². The Hall–Kier alpha value is -2.34. The molecule has 1 unspecified atom stereocenters. The highest BCUT2D eigenvalue weighted by Crippen LogP contribution is 2.19. The number of nitrogens with zero attached hydrogens (tertiary/aromatic N) is 1. The molecule has 1 aliphatic heterocycles. The van der Waals surface area contributed by atoms with Crippen LogP contribution in [-0.2, 0) is 14.3 Å². The van der Waals surface area contributed by atoms with Crippen molar-refractivity contribution in [3.05, 3.63) is 35.9 Å². The highest BCUT2D eigenvalue weighted by atomic mass is 16.5.